The first kappa shape index (κ1) is 22.2. The highest BCUT2D eigenvalue weighted by Crippen LogP contribution is 2.25. The predicted octanol–water partition coefficient (Wildman–Crippen LogP) is 3.21. The number of hydrogen-bond acceptors (Lipinski definition) is 5. The molecule has 150 valence electrons. The van der Waals surface area contributed by atoms with E-state index in [1.165, 1.54) is 6.07 Å². The molecule has 0 amide bonds. The zero-order valence-electron chi connectivity index (χ0n) is 15.3. The first-order valence-corrected chi connectivity index (χ1v) is 9.00. The Morgan fingerprint density at radius 2 is 2.25 bits per heavy atom. The van der Waals surface area contributed by atoms with Crippen molar-refractivity contribution in [2.45, 2.75) is 19.0 Å². The number of rotatable bonds is 5. The molecule has 0 radical (unpaired) electrons. The zero-order valence-corrected chi connectivity index (χ0v) is 18.4. The molecule has 1 fully saturated rings. The van der Waals surface area contributed by atoms with Crippen LogP contribution in [0.5, 0.6) is 0 Å². The second kappa shape index (κ2) is 10.4. The molecule has 0 spiro atoms. The Morgan fingerprint density at radius 3 is 2.96 bits per heavy atom. The van der Waals surface area contributed by atoms with Gasteiger partial charge < -0.3 is 15.5 Å². The first-order valence-electron chi connectivity index (χ1n) is 8.63. The highest BCUT2D eigenvalue weighted by molar-refractivity contribution is 14.0. The van der Waals surface area contributed by atoms with Crippen LogP contribution in [0.25, 0.3) is 0 Å². The van der Waals surface area contributed by atoms with Crippen molar-refractivity contribution < 1.29 is 4.92 Å². The third kappa shape index (κ3) is 5.68. The number of aliphatic imine (C=N–C) groups is 1. The van der Waals surface area contributed by atoms with Crippen LogP contribution >= 0.6 is 35.6 Å². The Hall–Kier alpha value is -2.14. The maximum absolute atomic E-state index is 10.9. The van der Waals surface area contributed by atoms with Gasteiger partial charge in [0.2, 0.25) is 0 Å². The van der Waals surface area contributed by atoms with Crippen LogP contribution in [0.2, 0.25) is 5.02 Å². The number of nitro groups is 1. The predicted molar refractivity (Wildman–Crippen MR) is 122 cm³/mol. The number of nitrogens with zero attached hydrogens (tertiary/aromatic N) is 4. The fourth-order valence-corrected chi connectivity index (χ4v) is 3.28. The Morgan fingerprint density at radius 1 is 1.43 bits per heavy atom. The monoisotopic (exact) mass is 516 g/mol. The van der Waals surface area contributed by atoms with E-state index in [4.69, 9.17) is 11.6 Å². The summed E-state index contributed by atoms with van der Waals surface area (Å²) < 4.78 is 0. The van der Waals surface area contributed by atoms with Crippen LogP contribution in [-0.2, 0) is 6.54 Å². The lowest BCUT2D eigenvalue weighted by Gasteiger charge is -2.20. The summed E-state index contributed by atoms with van der Waals surface area (Å²) in [4.78, 5) is 21.2. The van der Waals surface area contributed by atoms with Gasteiger partial charge in [-0.25, -0.2) is 4.98 Å². The number of aromatic nitrogens is 1. The smallest absolute Gasteiger partial charge is 0.269 e. The Bertz CT molecular complexity index is 850. The molecule has 3 rings (SSSR count). The molecule has 10 heteroatoms. The molecule has 28 heavy (non-hydrogen) atoms. The molecule has 8 nitrogen and oxygen atoms in total. The molecule has 1 aromatic heterocycles. The molecular weight excluding hydrogens is 495 g/mol. The van der Waals surface area contributed by atoms with Crippen LogP contribution in [0.15, 0.2) is 47.6 Å². The van der Waals surface area contributed by atoms with Gasteiger partial charge in [-0.05, 0) is 24.1 Å². The van der Waals surface area contributed by atoms with E-state index in [-0.39, 0.29) is 35.7 Å². The maximum atomic E-state index is 10.9. The van der Waals surface area contributed by atoms with Gasteiger partial charge in [-0.1, -0.05) is 23.7 Å². The highest BCUT2D eigenvalue weighted by Gasteiger charge is 2.25. The topological polar surface area (TPSA) is 95.7 Å². The molecule has 2 N–H and O–H groups in total. The Labute approximate surface area is 185 Å². The minimum absolute atomic E-state index is 0. The van der Waals surface area contributed by atoms with Gasteiger partial charge >= 0.3 is 0 Å². The van der Waals surface area contributed by atoms with E-state index in [1.54, 1.807) is 25.4 Å². The Balaban J connectivity index is 0.00000280. The van der Waals surface area contributed by atoms with E-state index >= 15 is 0 Å². The molecule has 1 aliphatic rings. The van der Waals surface area contributed by atoms with E-state index in [1.807, 2.05) is 18.2 Å². The summed E-state index contributed by atoms with van der Waals surface area (Å²) in [5.41, 5.74) is 0.899. The molecule has 1 unspecified atom stereocenters. The number of pyridine rings is 1. The standard InChI is InChI=1S/C18H21ClN6O2.HI/c1-20-18(22-11-13-4-2-5-15(10-13)25(26)27)23-14-7-9-24(12-14)17-16(19)6-3-8-21-17;/h2-6,8,10,14H,7,9,11-12H2,1H3,(H2,20,22,23);1H. The van der Waals surface area contributed by atoms with E-state index in [9.17, 15) is 10.1 Å². The molecule has 1 aliphatic heterocycles. The van der Waals surface area contributed by atoms with E-state index in [0.717, 1.165) is 30.9 Å². The van der Waals surface area contributed by atoms with Crippen LogP contribution < -0.4 is 15.5 Å². The largest absolute Gasteiger partial charge is 0.353 e. The molecule has 1 aromatic carbocycles. The number of anilines is 1. The number of nitro benzene ring substituents is 1. The lowest BCUT2D eigenvalue weighted by atomic mass is 10.2. The second-order valence-electron chi connectivity index (χ2n) is 6.24. The molecule has 2 heterocycles. The molecule has 0 aliphatic carbocycles. The minimum Gasteiger partial charge on any atom is -0.353 e. The average Bonchev–Trinajstić information content (AvgIpc) is 3.14. The van der Waals surface area contributed by atoms with E-state index in [0.29, 0.717) is 17.5 Å². The normalized spacial score (nSPS) is 16.4. The SMILES string of the molecule is CN=C(NCc1cccc([N+](=O)[O-])c1)NC1CCN(c2ncccc2Cl)C1.I. The fraction of sp³-hybridized carbons (Fsp3) is 0.333. The van der Waals surface area contributed by atoms with Crippen molar-refractivity contribution in [1.29, 1.82) is 0 Å². The number of non-ortho nitro benzene ring substituents is 1. The number of halogens is 2. The van der Waals surface area contributed by atoms with Gasteiger partial charge in [-0.3, -0.25) is 15.1 Å². The summed E-state index contributed by atoms with van der Waals surface area (Å²) >= 11 is 6.23. The van der Waals surface area contributed by atoms with Crippen molar-refractivity contribution >= 4 is 53.0 Å². The van der Waals surface area contributed by atoms with Gasteiger partial charge in [0.1, 0.15) is 5.82 Å². The van der Waals surface area contributed by atoms with E-state index in [2.05, 4.69) is 25.5 Å². The summed E-state index contributed by atoms with van der Waals surface area (Å²) in [5, 5.41) is 18.1. The third-order valence-corrected chi connectivity index (χ3v) is 4.67. The first-order chi connectivity index (χ1) is 13.1. The minimum atomic E-state index is -0.396. The molecular formula is C18H22ClIN6O2. The summed E-state index contributed by atoms with van der Waals surface area (Å²) in [6, 6.07) is 10.4. The average molecular weight is 517 g/mol. The fourth-order valence-electron chi connectivity index (χ4n) is 3.03. The van der Waals surface area contributed by atoms with Crippen molar-refractivity contribution in [3.8, 4) is 0 Å². The summed E-state index contributed by atoms with van der Waals surface area (Å²) in [6.45, 7) is 2.08. The van der Waals surface area contributed by atoms with Crippen LogP contribution in [-0.4, -0.2) is 42.0 Å². The maximum Gasteiger partial charge on any atom is 0.269 e. The molecule has 0 saturated carbocycles. The number of hydrogen-bond donors (Lipinski definition) is 2. The van der Waals surface area contributed by atoms with Crippen LogP contribution in [0.4, 0.5) is 11.5 Å². The van der Waals surface area contributed by atoms with Crippen LogP contribution in [0.3, 0.4) is 0 Å². The van der Waals surface area contributed by atoms with Gasteiger partial charge in [0.25, 0.3) is 5.69 Å². The Kier molecular flexibility index (Phi) is 8.24. The zero-order chi connectivity index (χ0) is 19.2. The summed E-state index contributed by atoms with van der Waals surface area (Å²) in [7, 11) is 1.70. The summed E-state index contributed by atoms with van der Waals surface area (Å²) in [5.74, 6) is 1.45. The highest BCUT2D eigenvalue weighted by atomic mass is 127. The number of nitrogens with one attached hydrogen (secondary N) is 2. The van der Waals surface area contributed by atoms with Crippen molar-refractivity contribution in [3.05, 3.63) is 63.3 Å². The number of guanidine groups is 1. The van der Waals surface area contributed by atoms with Gasteiger partial charge in [0.15, 0.2) is 5.96 Å². The third-order valence-electron chi connectivity index (χ3n) is 4.37. The van der Waals surface area contributed by atoms with Gasteiger partial charge in [0, 0.05) is 51.1 Å². The quantitative estimate of drug-likeness (QED) is 0.208. The van der Waals surface area contributed by atoms with E-state index < -0.39 is 4.92 Å². The van der Waals surface area contributed by atoms with Gasteiger partial charge in [-0.15, -0.1) is 24.0 Å². The molecule has 2 aromatic rings. The second-order valence-corrected chi connectivity index (χ2v) is 6.64. The van der Waals surface area contributed by atoms with Gasteiger partial charge in [0.05, 0.1) is 9.95 Å². The van der Waals surface area contributed by atoms with Crippen LogP contribution in [0, 0.1) is 10.1 Å². The lowest BCUT2D eigenvalue weighted by Crippen LogP contribution is -2.44. The van der Waals surface area contributed by atoms with Crippen molar-refractivity contribution in [1.82, 2.24) is 15.6 Å². The summed E-state index contributed by atoms with van der Waals surface area (Å²) in [6.07, 6.45) is 2.67. The van der Waals surface area contributed by atoms with Crippen molar-refractivity contribution in [3.63, 3.8) is 0 Å². The molecule has 1 saturated heterocycles. The number of benzene rings is 1. The lowest BCUT2D eigenvalue weighted by molar-refractivity contribution is -0.384. The molecule has 1 atom stereocenters. The van der Waals surface area contributed by atoms with Gasteiger partial charge in [-0.2, -0.15) is 0 Å². The van der Waals surface area contributed by atoms with Crippen LogP contribution in [0.1, 0.15) is 12.0 Å². The molecule has 0 bridgehead atoms. The van der Waals surface area contributed by atoms with Crippen molar-refractivity contribution in [2.75, 3.05) is 25.0 Å². The van der Waals surface area contributed by atoms with Crippen molar-refractivity contribution in [2.24, 2.45) is 4.99 Å².